The quantitative estimate of drug-likeness (QED) is 0.483. The lowest BCUT2D eigenvalue weighted by molar-refractivity contribution is -0.161. The molecule has 1 saturated heterocycles. The summed E-state index contributed by atoms with van der Waals surface area (Å²) in [6.45, 7) is 6.83. The molecule has 2 aliphatic heterocycles. The van der Waals surface area contributed by atoms with Crippen LogP contribution in [-0.4, -0.2) is 65.4 Å². The third kappa shape index (κ3) is 4.49. The van der Waals surface area contributed by atoms with Crippen molar-refractivity contribution in [2.75, 3.05) is 13.2 Å². The number of nitrogens with two attached hydrogens (primary N) is 1. The Bertz CT molecular complexity index is 721. The van der Waals surface area contributed by atoms with Crippen LogP contribution in [-0.2, 0) is 23.8 Å². The molecule has 0 radical (unpaired) electrons. The Morgan fingerprint density at radius 3 is 2.74 bits per heavy atom. The fraction of sp³-hybridized carbons (Fsp3) is 0.438. The SMILES string of the molecule is C=C(C)C(=O)OCC(=O)OC[C@H]1O[C@@H](N2C=CC(N)=NC2=C)C(F)(F)[C@H]1O. The first-order chi connectivity index (χ1) is 12.5. The molecule has 0 saturated carbocycles. The van der Waals surface area contributed by atoms with Crippen molar-refractivity contribution in [3.8, 4) is 0 Å². The van der Waals surface area contributed by atoms with Crippen LogP contribution in [0.2, 0.25) is 0 Å². The van der Waals surface area contributed by atoms with Crippen LogP contribution >= 0.6 is 0 Å². The molecule has 0 aromatic carbocycles. The van der Waals surface area contributed by atoms with Crippen molar-refractivity contribution >= 4 is 17.8 Å². The molecule has 0 amide bonds. The number of halogens is 2. The Morgan fingerprint density at radius 1 is 1.48 bits per heavy atom. The number of nitrogens with zero attached hydrogens (tertiary/aromatic N) is 2. The summed E-state index contributed by atoms with van der Waals surface area (Å²) in [5.74, 6) is -5.53. The maximum Gasteiger partial charge on any atom is 0.344 e. The summed E-state index contributed by atoms with van der Waals surface area (Å²) >= 11 is 0. The number of carbonyl (C=O) groups excluding carboxylic acids is 2. The van der Waals surface area contributed by atoms with Crippen molar-refractivity contribution in [1.82, 2.24) is 4.90 Å². The van der Waals surface area contributed by atoms with Crippen LogP contribution in [0.3, 0.4) is 0 Å². The highest BCUT2D eigenvalue weighted by Crippen LogP contribution is 2.40. The minimum absolute atomic E-state index is 0.0768. The van der Waals surface area contributed by atoms with Gasteiger partial charge in [0.15, 0.2) is 12.7 Å². The number of aliphatic hydroxyl groups excluding tert-OH is 1. The summed E-state index contributed by atoms with van der Waals surface area (Å²) in [5.41, 5.74) is 5.54. The van der Waals surface area contributed by atoms with Crippen molar-refractivity contribution in [3.05, 3.63) is 36.8 Å². The summed E-state index contributed by atoms with van der Waals surface area (Å²) in [5, 5.41) is 9.86. The normalized spacial score (nSPS) is 26.5. The Hall–Kier alpha value is -2.79. The number of ether oxygens (including phenoxy) is 3. The molecule has 1 fully saturated rings. The number of aliphatic imine (C=N–C) groups is 1. The van der Waals surface area contributed by atoms with Gasteiger partial charge in [0.2, 0.25) is 6.23 Å². The molecule has 0 aliphatic carbocycles. The van der Waals surface area contributed by atoms with E-state index in [2.05, 4.69) is 22.9 Å². The van der Waals surface area contributed by atoms with Crippen LogP contribution in [0.4, 0.5) is 8.78 Å². The van der Waals surface area contributed by atoms with Crippen molar-refractivity contribution in [1.29, 1.82) is 0 Å². The number of aliphatic hydroxyl groups is 1. The van der Waals surface area contributed by atoms with Gasteiger partial charge in [0.1, 0.15) is 24.4 Å². The number of alkyl halides is 2. The highest BCUT2D eigenvalue weighted by molar-refractivity contribution is 5.92. The predicted octanol–water partition coefficient (Wildman–Crippen LogP) is 0.0277. The Balaban J connectivity index is 1.95. The zero-order valence-electron chi connectivity index (χ0n) is 14.4. The molecule has 0 bridgehead atoms. The first-order valence-corrected chi connectivity index (χ1v) is 7.73. The largest absolute Gasteiger partial charge is 0.460 e. The van der Waals surface area contributed by atoms with E-state index in [1.54, 1.807) is 0 Å². The Labute approximate surface area is 153 Å². The van der Waals surface area contributed by atoms with Crippen molar-refractivity contribution in [3.63, 3.8) is 0 Å². The molecular weight excluding hydrogens is 368 g/mol. The van der Waals surface area contributed by atoms with Gasteiger partial charge in [0.25, 0.3) is 0 Å². The molecule has 2 aliphatic rings. The second-order valence-electron chi connectivity index (χ2n) is 5.86. The van der Waals surface area contributed by atoms with Gasteiger partial charge in [-0.25, -0.2) is 14.6 Å². The van der Waals surface area contributed by atoms with E-state index in [-0.39, 0.29) is 17.2 Å². The molecule has 3 N–H and O–H groups in total. The molecule has 2 heterocycles. The lowest BCUT2D eigenvalue weighted by Gasteiger charge is -2.31. The van der Waals surface area contributed by atoms with E-state index in [0.29, 0.717) is 0 Å². The third-order valence-electron chi connectivity index (χ3n) is 3.67. The standard InChI is InChI=1S/C16H19F2N3O6/c1-8(2)14(24)26-7-12(22)25-6-10-13(23)16(17,18)15(27-10)21-5-4-11(19)20-9(21)3/h4-5,10,13,15,23H,1,3,6-7H2,2H3,(H2,19,20)/t10-,13+,15-/m1/s1. The zero-order valence-corrected chi connectivity index (χ0v) is 14.4. The predicted molar refractivity (Wildman–Crippen MR) is 88.1 cm³/mol. The summed E-state index contributed by atoms with van der Waals surface area (Å²) in [7, 11) is 0. The van der Waals surface area contributed by atoms with Gasteiger partial charge in [-0.3, -0.25) is 0 Å². The Kier molecular flexibility index (Phi) is 5.96. The van der Waals surface area contributed by atoms with Crippen LogP contribution in [0, 0.1) is 0 Å². The van der Waals surface area contributed by atoms with Crippen LogP contribution < -0.4 is 5.73 Å². The first kappa shape index (κ1) is 20.5. The summed E-state index contributed by atoms with van der Waals surface area (Å²) in [6, 6.07) is 0. The summed E-state index contributed by atoms with van der Waals surface area (Å²) < 4.78 is 43.2. The third-order valence-corrected chi connectivity index (χ3v) is 3.67. The highest BCUT2D eigenvalue weighted by Gasteiger charge is 2.61. The van der Waals surface area contributed by atoms with E-state index < -0.39 is 49.5 Å². The maximum atomic E-state index is 14.4. The van der Waals surface area contributed by atoms with Crippen LogP contribution in [0.15, 0.2) is 41.8 Å². The molecule has 0 aromatic heterocycles. The smallest absolute Gasteiger partial charge is 0.344 e. The van der Waals surface area contributed by atoms with Gasteiger partial charge < -0.3 is 30.0 Å². The lowest BCUT2D eigenvalue weighted by atomic mass is 10.1. The number of amidine groups is 1. The fourth-order valence-corrected chi connectivity index (χ4v) is 2.27. The molecule has 9 nitrogen and oxygen atoms in total. The maximum absolute atomic E-state index is 14.4. The minimum atomic E-state index is -3.71. The number of esters is 2. The number of carbonyl (C=O) groups is 2. The minimum Gasteiger partial charge on any atom is -0.460 e. The Morgan fingerprint density at radius 2 is 2.15 bits per heavy atom. The molecule has 148 valence electrons. The average Bonchev–Trinajstić information content (AvgIpc) is 2.81. The van der Waals surface area contributed by atoms with Crippen LogP contribution in [0.5, 0.6) is 0 Å². The van der Waals surface area contributed by atoms with Gasteiger partial charge in [-0.2, -0.15) is 8.78 Å². The average molecular weight is 387 g/mol. The first-order valence-electron chi connectivity index (χ1n) is 7.73. The second kappa shape index (κ2) is 7.84. The molecule has 0 unspecified atom stereocenters. The van der Waals surface area contributed by atoms with Crippen LogP contribution in [0.25, 0.3) is 0 Å². The van der Waals surface area contributed by atoms with Gasteiger partial charge in [-0.1, -0.05) is 13.2 Å². The molecule has 11 heteroatoms. The lowest BCUT2D eigenvalue weighted by Crippen LogP contribution is -2.47. The number of hydrogen-bond donors (Lipinski definition) is 2. The van der Waals surface area contributed by atoms with E-state index in [1.165, 1.54) is 19.2 Å². The fourth-order valence-electron chi connectivity index (χ4n) is 2.27. The van der Waals surface area contributed by atoms with E-state index in [0.717, 1.165) is 4.90 Å². The van der Waals surface area contributed by atoms with Gasteiger partial charge >= 0.3 is 17.9 Å². The van der Waals surface area contributed by atoms with Gasteiger partial charge in [-0.05, 0) is 13.0 Å². The number of rotatable bonds is 6. The van der Waals surface area contributed by atoms with Gasteiger partial charge in [-0.15, -0.1) is 0 Å². The van der Waals surface area contributed by atoms with Crippen LogP contribution in [0.1, 0.15) is 6.92 Å². The highest BCUT2D eigenvalue weighted by atomic mass is 19.3. The topological polar surface area (TPSA) is 124 Å². The molecule has 3 atom stereocenters. The van der Waals surface area contributed by atoms with E-state index in [4.69, 9.17) is 15.2 Å². The monoisotopic (exact) mass is 387 g/mol. The summed E-state index contributed by atoms with van der Waals surface area (Å²) in [4.78, 5) is 27.4. The van der Waals surface area contributed by atoms with Crippen molar-refractivity contribution in [2.45, 2.75) is 31.3 Å². The molecule has 27 heavy (non-hydrogen) atoms. The molecule has 0 aromatic rings. The van der Waals surface area contributed by atoms with Gasteiger partial charge in [0, 0.05) is 11.8 Å². The van der Waals surface area contributed by atoms with Gasteiger partial charge in [0.05, 0.1) is 0 Å². The molecule has 0 spiro atoms. The van der Waals surface area contributed by atoms with Crippen molar-refractivity contribution < 1.29 is 37.7 Å². The molecule has 2 rings (SSSR count). The molecular formula is C16H19F2N3O6. The second-order valence-corrected chi connectivity index (χ2v) is 5.86. The van der Waals surface area contributed by atoms with E-state index in [9.17, 15) is 23.5 Å². The van der Waals surface area contributed by atoms with Crippen molar-refractivity contribution in [2.24, 2.45) is 10.7 Å². The number of hydrogen-bond acceptors (Lipinski definition) is 9. The van der Waals surface area contributed by atoms with E-state index >= 15 is 0 Å². The zero-order chi connectivity index (χ0) is 20.4. The summed E-state index contributed by atoms with van der Waals surface area (Å²) in [6.07, 6.45) is -3.23. The van der Waals surface area contributed by atoms with E-state index in [1.807, 2.05) is 0 Å².